The van der Waals surface area contributed by atoms with E-state index in [1.807, 2.05) is 0 Å². The van der Waals surface area contributed by atoms with E-state index in [9.17, 15) is 13.5 Å². The summed E-state index contributed by atoms with van der Waals surface area (Å²) in [6.07, 6.45) is 1.40. The molecule has 1 heterocycles. The predicted molar refractivity (Wildman–Crippen MR) is 74.6 cm³/mol. The number of sulfonamides is 1. The third-order valence-electron chi connectivity index (χ3n) is 3.44. The van der Waals surface area contributed by atoms with Gasteiger partial charge >= 0.3 is 0 Å². The fraction of sp³-hybridized carbons (Fsp3) is 0.500. The van der Waals surface area contributed by atoms with Crippen LogP contribution in [-0.4, -0.2) is 37.0 Å². The van der Waals surface area contributed by atoms with Crippen LogP contribution in [0, 0.1) is 6.92 Å². The summed E-state index contributed by atoms with van der Waals surface area (Å²) in [4.78, 5) is 0.0117. The zero-order chi connectivity index (χ0) is 14.2. The molecule has 1 aromatic rings. The van der Waals surface area contributed by atoms with Crippen molar-refractivity contribution in [1.29, 1.82) is 0 Å². The number of halogens is 1. The van der Waals surface area contributed by atoms with Crippen molar-refractivity contribution < 1.29 is 13.5 Å². The molecule has 1 aliphatic rings. The van der Waals surface area contributed by atoms with Gasteiger partial charge in [-0.15, -0.1) is 0 Å². The lowest BCUT2D eigenvalue weighted by molar-refractivity contribution is 0.213. The van der Waals surface area contributed by atoms with Crippen LogP contribution in [0.4, 0.5) is 5.69 Å². The molecule has 2 rings (SSSR count). The van der Waals surface area contributed by atoms with Gasteiger partial charge in [0.2, 0.25) is 10.0 Å². The molecule has 7 heteroatoms. The van der Waals surface area contributed by atoms with E-state index in [-0.39, 0.29) is 22.6 Å². The van der Waals surface area contributed by atoms with Crippen LogP contribution in [0.15, 0.2) is 17.0 Å². The van der Waals surface area contributed by atoms with Gasteiger partial charge in [-0.2, -0.15) is 4.31 Å². The van der Waals surface area contributed by atoms with Gasteiger partial charge in [0.05, 0.1) is 11.6 Å². The fourth-order valence-electron chi connectivity index (χ4n) is 2.30. The first-order chi connectivity index (χ1) is 8.87. The molecule has 19 heavy (non-hydrogen) atoms. The Hall–Kier alpha value is -0.820. The quantitative estimate of drug-likeness (QED) is 0.826. The van der Waals surface area contributed by atoms with Crippen molar-refractivity contribution in [3.8, 4) is 0 Å². The van der Waals surface area contributed by atoms with Gasteiger partial charge in [-0.25, -0.2) is 8.42 Å². The lowest BCUT2D eigenvalue weighted by Gasteiger charge is -2.23. The molecular weight excluding hydrogens is 288 g/mol. The summed E-state index contributed by atoms with van der Waals surface area (Å²) in [5.74, 6) is 0. The zero-order valence-electron chi connectivity index (χ0n) is 10.6. The summed E-state index contributed by atoms with van der Waals surface area (Å²) >= 11 is 6.03. The Morgan fingerprint density at radius 1 is 1.53 bits per heavy atom. The van der Waals surface area contributed by atoms with E-state index in [0.717, 1.165) is 12.0 Å². The largest absolute Gasteiger partial charge is 0.398 e. The topological polar surface area (TPSA) is 83.6 Å². The number of nitrogens with two attached hydrogens (primary N) is 1. The Bertz CT molecular complexity index is 589. The van der Waals surface area contributed by atoms with Crippen LogP contribution in [0.3, 0.4) is 0 Å². The van der Waals surface area contributed by atoms with Crippen LogP contribution in [-0.2, 0) is 10.0 Å². The highest BCUT2D eigenvalue weighted by Crippen LogP contribution is 2.32. The molecule has 0 aliphatic carbocycles. The Kier molecular flexibility index (Phi) is 4.06. The molecule has 0 amide bonds. The van der Waals surface area contributed by atoms with Gasteiger partial charge in [-0.1, -0.05) is 11.6 Å². The van der Waals surface area contributed by atoms with E-state index in [4.69, 9.17) is 17.3 Å². The fourth-order valence-corrected chi connectivity index (χ4v) is 4.58. The third kappa shape index (κ3) is 2.58. The predicted octanol–water partition coefficient (Wildman–Crippen LogP) is 1.38. The number of hydrogen-bond acceptors (Lipinski definition) is 4. The van der Waals surface area contributed by atoms with Crippen LogP contribution in [0.25, 0.3) is 0 Å². The number of aryl methyl sites for hydroxylation is 1. The molecule has 3 N–H and O–H groups in total. The van der Waals surface area contributed by atoms with E-state index in [2.05, 4.69) is 0 Å². The lowest BCUT2D eigenvalue weighted by Crippen LogP contribution is -2.37. The molecule has 1 atom stereocenters. The first-order valence-electron chi connectivity index (χ1n) is 6.06. The van der Waals surface area contributed by atoms with E-state index >= 15 is 0 Å². The van der Waals surface area contributed by atoms with Gasteiger partial charge in [0, 0.05) is 18.3 Å². The molecule has 0 unspecified atom stereocenters. The molecular formula is C12H17ClN2O3S. The van der Waals surface area contributed by atoms with Crippen molar-refractivity contribution in [3.05, 3.63) is 22.7 Å². The number of nitrogen functional groups attached to an aromatic ring is 1. The first-order valence-corrected chi connectivity index (χ1v) is 7.88. The minimum absolute atomic E-state index is 0.0117. The number of benzene rings is 1. The molecule has 0 aromatic heterocycles. The molecule has 0 bridgehead atoms. The first kappa shape index (κ1) is 14.6. The van der Waals surface area contributed by atoms with Crippen LogP contribution in [0.1, 0.15) is 18.4 Å². The van der Waals surface area contributed by atoms with Crippen molar-refractivity contribution >= 4 is 27.3 Å². The van der Waals surface area contributed by atoms with Gasteiger partial charge in [0.15, 0.2) is 0 Å². The number of hydrogen-bond donors (Lipinski definition) is 2. The second kappa shape index (κ2) is 5.28. The summed E-state index contributed by atoms with van der Waals surface area (Å²) in [5, 5.41) is 9.41. The summed E-state index contributed by atoms with van der Waals surface area (Å²) in [5.41, 5.74) is 6.89. The zero-order valence-corrected chi connectivity index (χ0v) is 12.2. The van der Waals surface area contributed by atoms with Crippen molar-refractivity contribution in [2.24, 2.45) is 0 Å². The molecule has 5 nitrogen and oxygen atoms in total. The average Bonchev–Trinajstić information content (AvgIpc) is 2.82. The van der Waals surface area contributed by atoms with E-state index < -0.39 is 10.0 Å². The maximum absolute atomic E-state index is 12.6. The van der Waals surface area contributed by atoms with Crippen molar-refractivity contribution in [2.45, 2.75) is 30.7 Å². The second-order valence-corrected chi connectivity index (χ2v) is 7.00. The second-order valence-electron chi connectivity index (χ2n) is 4.73. The smallest absolute Gasteiger partial charge is 0.244 e. The molecule has 0 radical (unpaired) electrons. The Balaban J connectivity index is 2.48. The van der Waals surface area contributed by atoms with Crippen LogP contribution < -0.4 is 5.73 Å². The summed E-state index contributed by atoms with van der Waals surface area (Å²) in [6, 6.07) is 2.57. The molecule has 1 fully saturated rings. The normalized spacial score (nSPS) is 20.9. The van der Waals surface area contributed by atoms with Gasteiger partial charge in [-0.3, -0.25) is 0 Å². The summed E-state index contributed by atoms with van der Waals surface area (Å²) in [7, 11) is -3.71. The van der Waals surface area contributed by atoms with E-state index in [1.165, 1.54) is 10.4 Å². The molecule has 0 saturated carbocycles. The van der Waals surface area contributed by atoms with Crippen molar-refractivity contribution in [2.75, 3.05) is 18.9 Å². The maximum Gasteiger partial charge on any atom is 0.244 e. The Labute approximate surface area is 118 Å². The monoisotopic (exact) mass is 304 g/mol. The number of nitrogens with zero attached hydrogens (tertiary/aromatic N) is 1. The minimum atomic E-state index is -3.71. The minimum Gasteiger partial charge on any atom is -0.398 e. The molecule has 0 spiro atoms. The van der Waals surface area contributed by atoms with Crippen LogP contribution in [0.5, 0.6) is 0 Å². The van der Waals surface area contributed by atoms with Gasteiger partial charge in [0.25, 0.3) is 0 Å². The molecule has 106 valence electrons. The Morgan fingerprint density at radius 3 is 2.84 bits per heavy atom. The summed E-state index contributed by atoms with van der Waals surface area (Å²) < 4.78 is 26.4. The van der Waals surface area contributed by atoms with E-state index in [1.54, 1.807) is 13.0 Å². The number of aliphatic hydroxyl groups excluding tert-OH is 1. The third-order valence-corrected chi connectivity index (χ3v) is 5.86. The van der Waals surface area contributed by atoms with Gasteiger partial charge in [0.1, 0.15) is 4.90 Å². The maximum atomic E-state index is 12.6. The number of rotatable bonds is 3. The van der Waals surface area contributed by atoms with Crippen molar-refractivity contribution in [1.82, 2.24) is 4.31 Å². The highest BCUT2D eigenvalue weighted by Gasteiger charge is 2.36. The van der Waals surface area contributed by atoms with Crippen LogP contribution in [0.2, 0.25) is 5.02 Å². The highest BCUT2D eigenvalue weighted by molar-refractivity contribution is 7.89. The van der Waals surface area contributed by atoms with Crippen LogP contribution >= 0.6 is 11.6 Å². The molecule has 1 aliphatic heterocycles. The molecule has 1 aromatic carbocycles. The van der Waals surface area contributed by atoms with Crippen molar-refractivity contribution in [3.63, 3.8) is 0 Å². The number of aliphatic hydroxyl groups is 1. The Morgan fingerprint density at radius 2 is 2.21 bits per heavy atom. The highest BCUT2D eigenvalue weighted by atomic mass is 35.5. The average molecular weight is 305 g/mol. The van der Waals surface area contributed by atoms with E-state index in [0.29, 0.717) is 18.7 Å². The SMILES string of the molecule is Cc1cc(Cl)c(S(=O)(=O)N2CCC[C@@H]2CO)cc1N. The standard InChI is InChI=1S/C12H17ClN2O3S/c1-8-5-10(13)12(6-11(8)14)19(17,18)15-4-2-3-9(15)7-16/h5-6,9,16H,2-4,7,14H2,1H3/t9-/m1/s1. The summed E-state index contributed by atoms with van der Waals surface area (Å²) in [6.45, 7) is 1.99. The molecule has 1 saturated heterocycles. The number of anilines is 1. The lowest BCUT2D eigenvalue weighted by atomic mass is 10.2. The van der Waals surface area contributed by atoms with Gasteiger partial charge < -0.3 is 10.8 Å². The van der Waals surface area contributed by atoms with Gasteiger partial charge in [-0.05, 0) is 37.5 Å².